The molecule has 3 heteroatoms. The van der Waals surface area contributed by atoms with Crippen LogP contribution in [-0.4, -0.2) is 35.5 Å². The molecule has 2 saturated heterocycles. The number of fused-ring (bicyclic) bond motifs is 2. The monoisotopic (exact) mass is 312 g/mol. The molecular formula is C20H28N2O. The lowest BCUT2D eigenvalue weighted by atomic mass is 9.81. The first-order chi connectivity index (χ1) is 11.3. The summed E-state index contributed by atoms with van der Waals surface area (Å²) in [6.45, 7) is 3.47. The summed E-state index contributed by atoms with van der Waals surface area (Å²) >= 11 is 0. The van der Waals surface area contributed by atoms with Gasteiger partial charge in [-0.3, -0.25) is 9.69 Å². The Balaban J connectivity index is 1.55. The van der Waals surface area contributed by atoms with E-state index in [9.17, 15) is 4.79 Å². The van der Waals surface area contributed by atoms with Gasteiger partial charge in [0.2, 0.25) is 5.91 Å². The first-order valence-electron chi connectivity index (χ1n) is 9.05. The summed E-state index contributed by atoms with van der Waals surface area (Å²) in [5.41, 5.74) is 1.07. The molecule has 2 heterocycles. The van der Waals surface area contributed by atoms with Crippen molar-refractivity contribution in [3.8, 4) is 0 Å². The molecule has 1 aromatic rings. The van der Waals surface area contributed by atoms with Crippen LogP contribution in [0.15, 0.2) is 36.4 Å². The van der Waals surface area contributed by atoms with Crippen molar-refractivity contribution in [2.75, 3.05) is 6.54 Å². The zero-order valence-corrected chi connectivity index (χ0v) is 14.1. The van der Waals surface area contributed by atoms with Gasteiger partial charge in [0.25, 0.3) is 0 Å². The summed E-state index contributed by atoms with van der Waals surface area (Å²) in [7, 11) is 0. The number of carbonyl (C=O) groups excluding carboxylic acids is 1. The molecule has 0 radical (unpaired) electrons. The third-order valence-electron chi connectivity index (χ3n) is 5.18. The van der Waals surface area contributed by atoms with Gasteiger partial charge in [0, 0.05) is 24.2 Å². The van der Waals surface area contributed by atoms with Crippen LogP contribution in [0.1, 0.15) is 51.0 Å². The van der Waals surface area contributed by atoms with Gasteiger partial charge in [-0.2, -0.15) is 0 Å². The lowest BCUT2D eigenvalue weighted by molar-refractivity contribution is -0.118. The number of hydrogen-bond donors (Lipinski definition) is 1. The van der Waals surface area contributed by atoms with Crippen LogP contribution in [0, 0.1) is 0 Å². The molecular weight excluding hydrogens is 284 g/mol. The SMILES string of the molecule is CCCN1[C@H]2CCC[C@H]1CC(NC(=O)/C=C/c1ccccc1)C2. The molecule has 2 atom stereocenters. The zero-order chi connectivity index (χ0) is 16.1. The van der Waals surface area contributed by atoms with Gasteiger partial charge in [-0.1, -0.05) is 43.7 Å². The third kappa shape index (κ3) is 4.23. The summed E-state index contributed by atoms with van der Waals surface area (Å²) < 4.78 is 0. The molecule has 124 valence electrons. The van der Waals surface area contributed by atoms with Crippen molar-refractivity contribution in [1.29, 1.82) is 0 Å². The Morgan fingerprint density at radius 3 is 2.57 bits per heavy atom. The molecule has 0 unspecified atom stereocenters. The number of nitrogens with zero attached hydrogens (tertiary/aromatic N) is 1. The van der Waals surface area contributed by atoms with Crippen molar-refractivity contribution in [1.82, 2.24) is 10.2 Å². The summed E-state index contributed by atoms with van der Waals surface area (Å²) in [6.07, 6.45) is 11.0. The summed E-state index contributed by atoms with van der Waals surface area (Å²) in [5.74, 6) is 0.0425. The van der Waals surface area contributed by atoms with Crippen molar-refractivity contribution in [2.24, 2.45) is 0 Å². The van der Waals surface area contributed by atoms with E-state index in [1.165, 1.54) is 32.2 Å². The maximum absolute atomic E-state index is 12.2. The fraction of sp³-hybridized carbons (Fsp3) is 0.550. The van der Waals surface area contributed by atoms with Gasteiger partial charge >= 0.3 is 0 Å². The van der Waals surface area contributed by atoms with E-state index in [2.05, 4.69) is 17.1 Å². The number of hydrogen-bond acceptors (Lipinski definition) is 2. The number of carbonyl (C=O) groups is 1. The molecule has 0 spiro atoms. The molecule has 0 saturated carbocycles. The molecule has 3 nitrogen and oxygen atoms in total. The fourth-order valence-electron chi connectivity index (χ4n) is 4.21. The van der Waals surface area contributed by atoms with Gasteiger partial charge in [-0.15, -0.1) is 0 Å². The molecule has 1 N–H and O–H groups in total. The highest BCUT2D eigenvalue weighted by Crippen LogP contribution is 2.34. The number of nitrogens with one attached hydrogen (secondary N) is 1. The first-order valence-corrected chi connectivity index (χ1v) is 9.05. The average molecular weight is 312 g/mol. The lowest BCUT2D eigenvalue weighted by Crippen LogP contribution is -2.56. The molecule has 23 heavy (non-hydrogen) atoms. The highest BCUT2D eigenvalue weighted by Gasteiger charge is 2.37. The molecule has 2 bridgehead atoms. The Kier molecular flexibility index (Phi) is 5.50. The van der Waals surface area contributed by atoms with Gasteiger partial charge in [0.1, 0.15) is 0 Å². The van der Waals surface area contributed by atoms with Crippen molar-refractivity contribution in [3.05, 3.63) is 42.0 Å². The topological polar surface area (TPSA) is 32.3 Å². The van der Waals surface area contributed by atoms with Gasteiger partial charge in [0.15, 0.2) is 0 Å². The number of amides is 1. The van der Waals surface area contributed by atoms with Gasteiger partial charge < -0.3 is 5.32 Å². The maximum Gasteiger partial charge on any atom is 0.244 e. The Labute approximate surface area is 139 Å². The number of rotatable bonds is 5. The second kappa shape index (κ2) is 7.78. The van der Waals surface area contributed by atoms with Gasteiger partial charge in [0.05, 0.1) is 0 Å². The standard InChI is InChI=1S/C20H28N2O/c1-2-13-22-18-9-6-10-19(22)15-17(14-18)21-20(23)12-11-16-7-4-3-5-8-16/h3-5,7-8,11-12,17-19H,2,6,9-10,13-15H2,1H3,(H,21,23)/b12-11+/t18-,19-/m0/s1. The summed E-state index contributed by atoms with van der Waals surface area (Å²) in [4.78, 5) is 14.9. The normalized spacial score (nSPS) is 28.0. The van der Waals surface area contributed by atoms with Gasteiger partial charge in [-0.25, -0.2) is 0 Å². The molecule has 1 amide bonds. The van der Waals surface area contributed by atoms with Crippen LogP contribution in [0.5, 0.6) is 0 Å². The molecule has 1 aromatic carbocycles. The molecule has 2 aliphatic heterocycles. The molecule has 0 aliphatic carbocycles. The van der Waals surface area contributed by atoms with Crippen LogP contribution in [0.25, 0.3) is 6.08 Å². The van der Waals surface area contributed by atoms with Crippen LogP contribution >= 0.6 is 0 Å². The summed E-state index contributed by atoms with van der Waals surface area (Å²) in [6, 6.07) is 11.7. The highest BCUT2D eigenvalue weighted by molar-refractivity contribution is 5.91. The van der Waals surface area contributed by atoms with Crippen LogP contribution in [0.2, 0.25) is 0 Å². The average Bonchev–Trinajstić information content (AvgIpc) is 2.55. The van der Waals surface area contributed by atoms with Crippen molar-refractivity contribution in [2.45, 2.75) is 63.6 Å². The lowest BCUT2D eigenvalue weighted by Gasteiger charge is -2.49. The smallest absolute Gasteiger partial charge is 0.244 e. The van der Waals surface area contributed by atoms with E-state index in [1.54, 1.807) is 6.08 Å². The minimum Gasteiger partial charge on any atom is -0.350 e. The van der Waals surface area contributed by atoms with E-state index in [4.69, 9.17) is 0 Å². The number of benzene rings is 1. The Morgan fingerprint density at radius 2 is 1.91 bits per heavy atom. The Morgan fingerprint density at radius 1 is 1.22 bits per heavy atom. The fourth-order valence-corrected chi connectivity index (χ4v) is 4.21. The molecule has 2 aliphatic rings. The first kappa shape index (κ1) is 16.3. The largest absolute Gasteiger partial charge is 0.350 e. The van der Waals surface area contributed by atoms with Gasteiger partial charge in [-0.05, 0) is 50.3 Å². The molecule has 0 aromatic heterocycles. The predicted octanol–water partition coefficient (Wildman–Crippen LogP) is 3.61. The van der Waals surface area contributed by atoms with E-state index < -0.39 is 0 Å². The van der Waals surface area contributed by atoms with Crippen molar-refractivity contribution < 1.29 is 4.79 Å². The zero-order valence-electron chi connectivity index (χ0n) is 14.1. The minimum atomic E-state index is 0.0425. The van der Waals surface area contributed by atoms with E-state index in [-0.39, 0.29) is 5.91 Å². The van der Waals surface area contributed by atoms with E-state index in [0.29, 0.717) is 18.1 Å². The quantitative estimate of drug-likeness (QED) is 0.842. The number of piperidine rings is 2. The molecule has 3 rings (SSSR count). The van der Waals surface area contributed by atoms with E-state index in [1.807, 2.05) is 36.4 Å². The highest BCUT2D eigenvalue weighted by atomic mass is 16.1. The maximum atomic E-state index is 12.2. The minimum absolute atomic E-state index is 0.0425. The Bertz CT molecular complexity index is 526. The van der Waals surface area contributed by atoms with Crippen molar-refractivity contribution in [3.63, 3.8) is 0 Å². The van der Waals surface area contributed by atoms with Crippen LogP contribution in [0.4, 0.5) is 0 Å². The van der Waals surface area contributed by atoms with Crippen LogP contribution in [-0.2, 0) is 4.79 Å². The van der Waals surface area contributed by atoms with Crippen LogP contribution in [0.3, 0.4) is 0 Å². The Hall–Kier alpha value is -1.61. The molecule has 2 fully saturated rings. The second-order valence-corrected chi connectivity index (χ2v) is 6.90. The third-order valence-corrected chi connectivity index (χ3v) is 5.18. The van der Waals surface area contributed by atoms with E-state index in [0.717, 1.165) is 18.4 Å². The summed E-state index contributed by atoms with van der Waals surface area (Å²) in [5, 5.41) is 3.23. The predicted molar refractivity (Wildman–Crippen MR) is 95.1 cm³/mol. The van der Waals surface area contributed by atoms with E-state index >= 15 is 0 Å². The van der Waals surface area contributed by atoms with Crippen molar-refractivity contribution >= 4 is 12.0 Å². The second-order valence-electron chi connectivity index (χ2n) is 6.90. The van der Waals surface area contributed by atoms with Crippen LogP contribution < -0.4 is 5.32 Å².